The van der Waals surface area contributed by atoms with Gasteiger partial charge in [0.2, 0.25) is 0 Å². The van der Waals surface area contributed by atoms with Crippen molar-refractivity contribution in [1.82, 2.24) is 0 Å². The Hall–Kier alpha value is -1.55. The van der Waals surface area contributed by atoms with Crippen LogP contribution < -0.4 is 0 Å². The Balaban J connectivity index is 3.49. The van der Waals surface area contributed by atoms with E-state index >= 15 is 0 Å². The third-order valence-electron chi connectivity index (χ3n) is 2.70. The average Bonchev–Trinajstić information content (AvgIpc) is 2.25. The summed E-state index contributed by atoms with van der Waals surface area (Å²) in [5.41, 5.74) is -1.17. The smallest absolute Gasteiger partial charge is 0.227 e. The van der Waals surface area contributed by atoms with E-state index in [9.17, 15) is 21.6 Å². The van der Waals surface area contributed by atoms with Crippen molar-refractivity contribution >= 4 is 9.84 Å². The van der Waals surface area contributed by atoms with Gasteiger partial charge < -0.3 is 0 Å². The van der Waals surface area contributed by atoms with Gasteiger partial charge in [-0.25, -0.2) is 8.42 Å². The van der Waals surface area contributed by atoms with Crippen molar-refractivity contribution < 1.29 is 21.6 Å². The van der Waals surface area contributed by atoms with Crippen LogP contribution in [0.2, 0.25) is 0 Å². The molecule has 0 N–H and O–H groups in total. The van der Waals surface area contributed by atoms with Crippen molar-refractivity contribution in [2.24, 2.45) is 0 Å². The molecule has 0 spiro atoms. The van der Waals surface area contributed by atoms with Crippen molar-refractivity contribution in [3.8, 4) is 6.07 Å². The molecule has 0 fully saturated rings. The number of sulfone groups is 1. The first-order valence-electron chi connectivity index (χ1n) is 4.81. The zero-order chi connectivity index (χ0) is 14.2. The Morgan fingerprint density at radius 2 is 1.72 bits per heavy atom. The minimum Gasteiger partial charge on any atom is -0.227 e. The van der Waals surface area contributed by atoms with Crippen molar-refractivity contribution in [3.63, 3.8) is 0 Å². The van der Waals surface area contributed by atoms with Crippen LogP contribution in [0.1, 0.15) is 18.1 Å². The highest BCUT2D eigenvalue weighted by Crippen LogP contribution is 2.34. The first-order chi connectivity index (χ1) is 8.02. The van der Waals surface area contributed by atoms with Gasteiger partial charge in [-0.3, -0.25) is 0 Å². The molecule has 1 aromatic carbocycles. The molecule has 0 aromatic heterocycles. The molecule has 1 aromatic rings. The van der Waals surface area contributed by atoms with Crippen LogP contribution in [0, 0.1) is 11.3 Å². The molecule has 0 radical (unpaired) electrons. The summed E-state index contributed by atoms with van der Waals surface area (Å²) in [7, 11) is -3.86. The predicted molar refractivity (Wildman–Crippen MR) is 59.3 cm³/mol. The van der Waals surface area contributed by atoms with Gasteiger partial charge in [-0.05, 0) is 24.6 Å². The Morgan fingerprint density at radius 3 is 2.11 bits per heavy atom. The average molecular weight is 277 g/mol. The van der Waals surface area contributed by atoms with Gasteiger partial charge in [0.25, 0.3) is 0 Å². The molecule has 1 unspecified atom stereocenters. The highest BCUT2D eigenvalue weighted by Gasteiger charge is 2.40. The molecule has 0 heterocycles. The van der Waals surface area contributed by atoms with E-state index in [1.54, 1.807) is 6.07 Å². The van der Waals surface area contributed by atoms with Crippen LogP contribution in [0.5, 0.6) is 0 Å². The summed E-state index contributed by atoms with van der Waals surface area (Å²) >= 11 is 0. The molecule has 0 aliphatic heterocycles. The van der Waals surface area contributed by atoms with Gasteiger partial charge in [-0.2, -0.15) is 18.4 Å². The second-order valence-electron chi connectivity index (χ2n) is 4.00. The molecular formula is C11H10F3NO2S. The number of nitrogens with zero attached hydrogens (tertiary/aromatic N) is 1. The lowest BCUT2D eigenvalue weighted by Crippen LogP contribution is -2.30. The van der Waals surface area contributed by atoms with Crippen LogP contribution in [0.3, 0.4) is 0 Å². The van der Waals surface area contributed by atoms with Crippen LogP contribution >= 0.6 is 0 Å². The Labute approximate surface area is 103 Å². The Morgan fingerprint density at radius 1 is 1.22 bits per heavy atom. The summed E-state index contributed by atoms with van der Waals surface area (Å²) in [6.07, 6.45) is -3.76. The summed E-state index contributed by atoms with van der Waals surface area (Å²) in [4.78, 5) is 0. The summed E-state index contributed by atoms with van der Waals surface area (Å²) in [6, 6.07) is 5.34. The van der Waals surface area contributed by atoms with Gasteiger partial charge in [0.15, 0.2) is 14.6 Å². The molecule has 7 heteroatoms. The number of nitriles is 1. The number of rotatable bonds is 2. The quantitative estimate of drug-likeness (QED) is 0.834. The van der Waals surface area contributed by atoms with Gasteiger partial charge in [-0.1, -0.05) is 12.1 Å². The highest BCUT2D eigenvalue weighted by molar-refractivity contribution is 7.91. The molecule has 0 aliphatic carbocycles. The number of hydrogen-bond donors (Lipinski definition) is 0. The zero-order valence-electron chi connectivity index (χ0n) is 9.62. The second-order valence-corrected chi connectivity index (χ2v) is 6.36. The minimum atomic E-state index is -4.58. The van der Waals surface area contributed by atoms with Crippen LogP contribution in [0.4, 0.5) is 13.2 Å². The molecule has 0 saturated heterocycles. The van der Waals surface area contributed by atoms with E-state index in [-0.39, 0.29) is 5.56 Å². The second kappa shape index (κ2) is 4.28. The third-order valence-corrected chi connectivity index (χ3v) is 4.51. The summed E-state index contributed by atoms with van der Waals surface area (Å²) in [5.74, 6) is 0. The van der Waals surface area contributed by atoms with Gasteiger partial charge in [-0.15, -0.1) is 0 Å². The van der Waals surface area contributed by atoms with E-state index in [0.717, 1.165) is 25.3 Å². The van der Waals surface area contributed by atoms with E-state index in [1.165, 1.54) is 6.07 Å². The van der Waals surface area contributed by atoms with E-state index < -0.39 is 26.3 Å². The van der Waals surface area contributed by atoms with Crippen LogP contribution in [-0.2, 0) is 20.8 Å². The number of hydrogen-bond acceptors (Lipinski definition) is 3. The van der Waals surface area contributed by atoms with E-state index in [1.807, 2.05) is 0 Å². The maximum Gasteiger partial charge on any atom is 0.416 e. The van der Waals surface area contributed by atoms with Gasteiger partial charge in [0.1, 0.15) is 0 Å². The molecule has 3 nitrogen and oxygen atoms in total. The molecule has 0 amide bonds. The fraction of sp³-hybridized carbons (Fsp3) is 0.364. The number of halogens is 3. The monoisotopic (exact) mass is 277 g/mol. The summed E-state index contributed by atoms with van der Waals surface area (Å²) < 4.78 is 58.7. The third kappa shape index (κ3) is 2.48. The molecule has 18 heavy (non-hydrogen) atoms. The van der Waals surface area contributed by atoms with E-state index in [2.05, 4.69) is 0 Å². The maximum absolute atomic E-state index is 12.5. The predicted octanol–water partition coefficient (Wildman–Crippen LogP) is 2.49. The SMILES string of the molecule is CC(C#N)(c1cccc(C(F)(F)F)c1)S(C)(=O)=O. The number of benzene rings is 1. The topological polar surface area (TPSA) is 57.9 Å². The lowest BCUT2D eigenvalue weighted by molar-refractivity contribution is -0.137. The standard InChI is InChI=1S/C11H10F3NO2S/c1-10(7-15,18(2,16)17)8-4-3-5-9(6-8)11(12,13)14/h3-6H,1-2H3. The van der Waals surface area contributed by atoms with Crippen molar-refractivity contribution in [3.05, 3.63) is 35.4 Å². The number of alkyl halides is 3. The minimum absolute atomic E-state index is 0.192. The van der Waals surface area contributed by atoms with Crippen LogP contribution in [0.15, 0.2) is 24.3 Å². The fourth-order valence-corrected chi connectivity index (χ4v) is 2.07. The van der Waals surface area contributed by atoms with Crippen LogP contribution in [0.25, 0.3) is 0 Å². The van der Waals surface area contributed by atoms with Gasteiger partial charge in [0, 0.05) is 6.26 Å². The lowest BCUT2D eigenvalue weighted by Gasteiger charge is -2.21. The van der Waals surface area contributed by atoms with E-state index in [0.29, 0.717) is 6.07 Å². The fourth-order valence-electron chi connectivity index (χ4n) is 1.35. The molecule has 1 rings (SSSR count). The Bertz CT molecular complexity index is 601. The van der Waals surface area contributed by atoms with Crippen molar-refractivity contribution in [2.45, 2.75) is 17.8 Å². The molecule has 1 atom stereocenters. The summed E-state index contributed by atoms with van der Waals surface area (Å²) in [6.45, 7) is 1.08. The van der Waals surface area contributed by atoms with Gasteiger partial charge in [0.05, 0.1) is 11.6 Å². The van der Waals surface area contributed by atoms with Gasteiger partial charge >= 0.3 is 6.18 Å². The summed E-state index contributed by atoms with van der Waals surface area (Å²) in [5, 5.41) is 8.96. The van der Waals surface area contributed by atoms with E-state index in [4.69, 9.17) is 5.26 Å². The maximum atomic E-state index is 12.5. The molecule has 98 valence electrons. The van der Waals surface area contributed by atoms with Crippen molar-refractivity contribution in [2.75, 3.05) is 6.26 Å². The largest absolute Gasteiger partial charge is 0.416 e. The first-order valence-corrected chi connectivity index (χ1v) is 6.70. The normalized spacial score (nSPS) is 15.8. The zero-order valence-corrected chi connectivity index (χ0v) is 10.4. The molecular weight excluding hydrogens is 267 g/mol. The Kier molecular flexibility index (Phi) is 3.45. The lowest BCUT2D eigenvalue weighted by atomic mass is 9.99. The molecule has 0 aliphatic rings. The van der Waals surface area contributed by atoms with Crippen LogP contribution in [-0.4, -0.2) is 14.7 Å². The van der Waals surface area contributed by atoms with Crippen molar-refractivity contribution in [1.29, 1.82) is 5.26 Å². The molecule has 0 bridgehead atoms. The first kappa shape index (κ1) is 14.5. The highest BCUT2D eigenvalue weighted by atomic mass is 32.2. The molecule has 0 saturated carbocycles.